The van der Waals surface area contributed by atoms with Crippen LogP contribution < -0.4 is 15.6 Å². The van der Waals surface area contributed by atoms with Gasteiger partial charge in [-0.2, -0.15) is 5.10 Å². The van der Waals surface area contributed by atoms with Crippen LogP contribution in [0.15, 0.2) is 52.7 Å². The first-order chi connectivity index (χ1) is 15.3. The number of hydrazone groups is 1. The maximum Gasteiger partial charge on any atom is 0.300 e. The number of hydrogen-bond donors (Lipinski definition) is 3. The number of benzene rings is 2. The minimum Gasteiger partial charge on any atom is -0.409 e. The van der Waals surface area contributed by atoms with Crippen molar-refractivity contribution in [1.29, 1.82) is 0 Å². The SMILES string of the molecule is CC(=O)Nc1ccc(/C(=N/O)N2CCCc3cc(C4=NNC(=O)SC4(C)C)ccc32)cc1. The number of nitrogens with zero attached hydrogens (tertiary/aromatic N) is 3. The van der Waals surface area contributed by atoms with Gasteiger partial charge in [0.1, 0.15) is 0 Å². The van der Waals surface area contributed by atoms with Gasteiger partial charge in [0.2, 0.25) is 5.91 Å². The minimum atomic E-state index is -0.432. The van der Waals surface area contributed by atoms with Gasteiger partial charge in [-0.25, -0.2) is 5.43 Å². The van der Waals surface area contributed by atoms with Gasteiger partial charge in [-0.05, 0) is 74.2 Å². The molecular formula is C23H25N5O3S. The zero-order valence-electron chi connectivity index (χ0n) is 18.2. The molecule has 2 aliphatic heterocycles. The van der Waals surface area contributed by atoms with Crippen LogP contribution in [-0.2, 0) is 11.2 Å². The molecule has 2 heterocycles. The molecule has 0 bridgehead atoms. The lowest BCUT2D eigenvalue weighted by atomic mass is 9.93. The van der Waals surface area contributed by atoms with E-state index in [2.05, 4.69) is 27.1 Å². The summed E-state index contributed by atoms with van der Waals surface area (Å²) in [4.78, 5) is 25.0. The van der Waals surface area contributed by atoms with Gasteiger partial charge >= 0.3 is 0 Å². The number of fused-ring (bicyclic) bond motifs is 1. The largest absolute Gasteiger partial charge is 0.409 e. The third-order valence-corrected chi connectivity index (χ3v) is 6.44. The number of oxime groups is 1. The number of hydrogen-bond acceptors (Lipinski definition) is 6. The number of aryl methyl sites for hydroxylation is 1. The van der Waals surface area contributed by atoms with E-state index in [1.165, 1.54) is 18.7 Å². The predicted molar refractivity (Wildman–Crippen MR) is 128 cm³/mol. The van der Waals surface area contributed by atoms with E-state index >= 15 is 0 Å². The third kappa shape index (κ3) is 4.34. The van der Waals surface area contributed by atoms with Crippen LogP contribution in [0.1, 0.15) is 43.9 Å². The molecule has 2 amide bonds. The Labute approximate surface area is 190 Å². The first kappa shape index (κ1) is 21.9. The van der Waals surface area contributed by atoms with E-state index in [1.807, 2.05) is 43.0 Å². The Morgan fingerprint density at radius 1 is 1.25 bits per heavy atom. The molecule has 0 saturated carbocycles. The molecule has 0 aromatic heterocycles. The third-order valence-electron chi connectivity index (χ3n) is 5.46. The highest BCUT2D eigenvalue weighted by Crippen LogP contribution is 2.35. The van der Waals surface area contributed by atoms with E-state index < -0.39 is 4.75 Å². The molecule has 2 aliphatic rings. The van der Waals surface area contributed by atoms with Crippen LogP contribution in [0, 0.1) is 0 Å². The lowest BCUT2D eigenvalue weighted by Gasteiger charge is -2.33. The highest BCUT2D eigenvalue weighted by atomic mass is 32.2. The van der Waals surface area contributed by atoms with Crippen molar-refractivity contribution >= 4 is 45.8 Å². The molecule has 0 radical (unpaired) electrons. The van der Waals surface area contributed by atoms with Crippen LogP contribution >= 0.6 is 11.8 Å². The smallest absolute Gasteiger partial charge is 0.300 e. The molecule has 0 fully saturated rings. The summed E-state index contributed by atoms with van der Waals surface area (Å²) in [5.41, 5.74) is 7.89. The van der Waals surface area contributed by atoms with Crippen molar-refractivity contribution in [3.63, 3.8) is 0 Å². The summed E-state index contributed by atoms with van der Waals surface area (Å²) in [7, 11) is 0. The predicted octanol–water partition coefficient (Wildman–Crippen LogP) is 4.17. The molecular weight excluding hydrogens is 426 g/mol. The lowest BCUT2D eigenvalue weighted by Crippen LogP contribution is -2.39. The summed E-state index contributed by atoms with van der Waals surface area (Å²) in [6.45, 7) is 6.15. The maximum atomic E-state index is 11.7. The Hall–Kier alpha value is -3.33. The molecule has 2 aromatic carbocycles. The second-order valence-electron chi connectivity index (χ2n) is 8.25. The Bertz CT molecular complexity index is 1120. The number of amides is 2. The second-order valence-corrected chi connectivity index (χ2v) is 9.85. The number of amidine groups is 1. The van der Waals surface area contributed by atoms with E-state index in [4.69, 9.17) is 0 Å². The van der Waals surface area contributed by atoms with Crippen molar-refractivity contribution in [1.82, 2.24) is 5.43 Å². The summed E-state index contributed by atoms with van der Waals surface area (Å²) in [6, 6.07) is 13.3. The van der Waals surface area contributed by atoms with Crippen molar-refractivity contribution in [2.24, 2.45) is 10.3 Å². The Morgan fingerprint density at radius 3 is 2.66 bits per heavy atom. The molecule has 2 aromatic rings. The van der Waals surface area contributed by atoms with Crippen LogP contribution in [0.3, 0.4) is 0 Å². The highest BCUT2D eigenvalue weighted by molar-refractivity contribution is 8.15. The van der Waals surface area contributed by atoms with Crippen molar-refractivity contribution < 1.29 is 14.8 Å². The van der Waals surface area contributed by atoms with Gasteiger partial charge in [0.05, 0.1) is 10.5 Å². The van der Waals surface area contributed by atoms with Gasteiger partial charge in [0.25, 0.3) is 5.24 Å². The van der Waals surface area contributed by atoms with Crippen LogP contribution in [0.4, 0.5) is 16.2 Å². The monoisotopic (exact) mass is 451 g/mol. The quantitative estimate of drug-likeness (QED) is 0.281. The van der Waals surface area contributed by atoms with Crippen LogP contribution in [0.2, 0.25) is 0 Å². The number of carbonyl (C=O) groups is 2. The highest BCUT2D eigenvalue weighted by Gasteiger charge is 2.34. The van der Waals surface area contributed by atoms with E-state index in [9.17, 15) is 14.8 Å². The molecule has 0 spiro atoms. The topological polar surface area (TPSA) is 106 Å². The Kier molecular flexibility index (Phi) is 5.92. The van der Waals surface area contributed by atoms with Crippen LogP contribution in [0.5, 0.6) is 0 Å². The zero-order chi connectivity index (χ0) is 22.9. The van der Waals surface area contributed by atoms with Crippen LogP contribution in [0.25, 0.3) is 0 Å². The van der Waals surface area contributed by atoms with E-state index in [-0.39, 0.29) is 11.1 Å². The number of anilines is 2. The Morgan fingerprint density at radius 2 is 2.00 bits per heavy atom. The molecule has 0 saturated heterocycles. The fourth-order valence-corrected chi connectivity index (χ4v) is 4.90. The van der Waals surface area contributed by atoms with Crippen molar-refractivity contribution in [3.8, 4) is 0 Å². The molecule has 0 unspecified atom stereocenters. The van der Waals surface area contributed by atoms with Gasteiger partial charge in [-0.1, -0.05) is 23.0 Å². The van der Waals surface area contributed by atoms with Crippen LogP contribution in [-0.4, -0.2) is 39.2 Å². The zero-order valence-corrected chi connectivity index (χ0v) is 19.0. The molecule has 3 N–H and O–H groups in total. The fraction of sp³-hybridized carbons (Fsp3) is 0.304. The fourth-order valence-electron chi connectivity index (χ4n) is 4.09. The van der Waals surface area contributed by atoms with Crippen molar-refractivity contribution in [2.75, 3.05) is 16.8 Å². The summed E-state index contributed by atoms with van der Waals surface area (Å²) >= 11 is 1.23. The first-order valence-electron chi connectivity index (χ1n) is 10.4. The summed E-state index contributed by atoms with van der Waals surface area (Å²) in [6.07, 6.45) is 1.80. The van der Waals surface area contributed by atoms with Gasteiger partial charge < -0.3 is 15.4 Å². The average molecular weight is 452 g/mol. The van der Waals surface area contributed by atoms with Crippen molar-refractivity contribution in [2.45, 2.75) is 38.4 Å². The summed E-state index contributed by atoms with van der Waals surface area (Å²) in [5.74, 6) is 0.310. The molecule has 0 aliphatic carbocycles. The number of rotatable bonds is 3. The Balaban J connectivity index is 1.65. The molecule has 166 valence electrons. The summed E-state index contributed by atoms with van der Waals surface area (Å²) < 4.78 is -0.432. The van der Waals surface area contributed by atoms with E-state index in [0.29, 0.717) is 11.5 Å². The number of thioether (sulfide) groups is 1. The maximum absolute atomic E-state index is 11.7. The lowest BCUT2D eigenvalue weighted by molar-refractivity contribution is -0.114. The number of nitrogens with one attached hydrogen (secondary N) is 2. The van der Waals surface area contributed by atoms with E-state index in [1.54, 1.807) is 12.1 Å². The molecule has 4 rings (SSSR count). The van der Waals surface area contributed by atoms with Gasteiger partial charge in [0.15, 0.2) is 5.84 Å². The minimum absolute atomic E-state index is 0.140. The summed E-state index contributed by atoms with van der Waals surface area (Å²) in [5, 5.41) is 20.3. The molecule has 32 heavy (non-hydrogen) atoms. The molecule has 8 nitrogen and oxygen atoms in total. The number of carbonyl (C=O) groups excluding carboxylic acids is 2. The van der Waals surface area contributed by atoms with Gasteiger partial charge in [0, 0.05) is 30.4 Å². The first-order valence-corrected chi connectivity index (χ1v) is 11.2. The normalized spacial score (nSPS) is 17.8. The van der Waals surface area contributed by atoms with Gasteiger partial charge in [-0.15, -0.1) is 0 Å². The standard InChI is InChI=1S/C23H25N5O3S/c1-14(29)24-18-9-6-15(7-10-18)21(27-31)28-12-4-5-16-13-17(8-11-19(16)28)20-23(2,3)32-22(30)26-25-20/h6-11,13,31H,4-5,12H2,1-3H3,(H,24,29)(H,26,30)/b27-21-. The average Bonchev–Trinajstić information content (AvgIpc) is 2.74. The molecule has 0 atom stereocenters. The van der Waals surface area contributed by atoms with Crippen molar-refractivity contribution in [3.05, 3.63) is 59.2 Å². The van der Waals surface area contributed by atoms with E-state index in [0.717, 1.165) is 47.5 Å². The molecule has 9 heteroatoms. The second kappa shape index (κ2) is 8.66. The van der Waals surface area contributed by atoms with Gasteiger partial charge in [-0.3, -0.25) is 9.59 Å².